The zero-order valence-electron chi connectivity index (χ0n) is 14.4. The van der Waals surface area contributed by atoms with Gasteiger partial charge in [0.1, 0.15) is 18.5 Å². The minimum absolute atomic E-state index is 0.114. The van der Waals surface area contributed by atoms with E-state index in [9.17, 15) is 9.90 Å². The van der Waals surface area contributed by atoms with Gasteiger partial charge in [0.05, 0.1) is 23.8 Å². The Kier molecular flexibility index (Phi) is 5.14. The Balaban J connectivity index is 1.70. The summed E-state index contributed by atoms with van der Waals surface area (Å²) in [6.45, 7) is 4.45. The average molecular weight is 338 g/mol. The molecule has 3 rings (SSSR count). The van der Waals surface area contributed by atoms with Crippen molar-refractivity contribution in [1.29, 1.82) is 0 Å². The monoisotopic (exact) mass is 338 g/mol. The number of ether oxygens (including phenoxy) is 1. The lowest BCUT2D eigenvalue weighted by atomic mass is 10.0. The first kappa shape index (κ1) is 17.2. The Hall–Kier alpha value is -2.66. The van der Waals surface area contributed by atoms with Crippen molar-refractivity contribution >= 4 is 10.9 Å². The Morgan fingerprint density at radius 2 is 1.84 bits per heavy atom. The standard InChI is InChI=1S/C20H22N2O3/c1-14(2)16-7-4-6-10-19(16)25-12-15(23)11-22-13-21-18-9-5-3-8-17(18)20(22)24/h3-10,13-15,23H,11-12H2,1-2H3/t15-/m0/s1. The fourth-order valence-electron chi connectivity index (χ4n) is 2.79. The molecular formula is C20H22N2O3. The summed E-state index contributed by atoms with van der Waals surface area (Å²) >= 11 is 0. The molecule has 0 saturated carbocycles. The Morgan fingerprint density at radius 1 is 1.12 bits per heavy atom. The second-order valence-electron chi connectivity index (χ2n) is 6.38. The molecule has 5 nitrogen and oxygen atoms in total. The summed E-state index contributed by atoms with van der Waals surface area (Å²) in [6.07, 6.45) is 0.663. The van der Waals surface area contributed by atoms with Gasteiger partial charge in [0.2, 0.25) is 0 Å². The molecule has 0 bridgehead atoms. The molecule has 3 aromatic rings. The van der Waals surface area contributed by atoms with Crippen molar-refractivity contribution in [3.8, 4) is 5.75 Å². The third-order valence-corrected chi connectivity index (χ3v) is 4.11. The number of aliphatic hydroxyl groups is 1. The highest BCUT2D eigenvalue weighted by atomic mass is 16.5. The van der Waals surface area contributed by atoms with Crippen molar-refractivity contribution in [3.63, 3.8) is 0 Å². The molecule has 130 valence electrons. The van der Waals surface area contributed by atoms with Gasteiger partial charge in [-0.05, 0) is 29.7 Å². The molecule has 0 unspecified atom stereocenters. The van der Waals surface area contributed by atoms with E-state index in [0.717, 1.165) is 11.3 Å². The summed E-state index contributed by atoms with van der Waals surface area (Å²) < 4.78 is 7.20. The van der Waals surface area contributed by atoms with Gasteiger partial charge in [-0.15, -0.1) is 0 Å². The minimum atomic E-state index is -0.805. The molecule has 0 radical (unpaired) electrons. The number of hydrogen-bond acceptors (Lipinski definition) is 4. The second kappa shape index (κ2) is 7.49. The van der Waals surface area contributed by atoms with Crippen LogP contribution in [0, 0.1) is 0 Å². The molecule has 0 aliphatic rings. The highest BCUT2D eigenvalue weighted by Gasteiger charge is 2.12. The lowest BCUT2D eigenvalue weighted by Gasteiger charge is -2.17. The largest absolute Gasteiger partial charge is 0.491 e. The number of benzene rings is 2. The smallest absolute Gasteiger partial charge is 0.261 e. The van der Waals surface area contributed by atoms with E-state index in [1.165, 1.54) is 10.9 Å². The first-order valence-corrected chi connectivity index (χ1v) is 8.40. The highest BCUT2D eigenvalue weighted by Crippen LogP contribution is 2.25. The maximum atomic E-state index is 12.5. The maximum absolute atomic E-state index is 12.5. The van der Waals surface area contributed by atoms with Gasteiger partial charge in [0, 0.05) is 0 Å². The Bertz CT molecular complexity index is 918. The third kappa shape index (κ3) is 3.88. The lowest BCUT2D eigenvalue weighted by molar-refractivity contribution is 0.0909. The fourth-order valence-corrected chi connectivity index (χ4v) is 2.79. The van der Waals surface area contributed by atoms with E-state index in [-0.39, 0.29) is 18.7 Å². The van der Waals surface area contributed by atoms with Crippen LogP contribution in [0.5, 0.6) is 5.75 Å². The van der Waals surface area contributed by atoms with E-state index in [0.29, 0.717) is 16.8 Å². The van der Waals surface area contributed by atoms with Crippen LogP contribution in [0.4, 0.5) is 0 Å². The molecule has 1 heterocycles. The zero-order valence-corrected chi connectivity index (χ0v) is 14.4. The van der Waals surface area contributed by atoms with Crippen LogP contribution in [-0.2, 0) is 6.54 Å². The van der Waals surface area contributed by atoms with Crippen molar-refractivity contribution in [2.75, 3.05) is 6.61 Å². The zero-order chi connectivity index (χ0) is 17.8. The van der Waals surface area contributed by atoms with Crippen LogP contribution < -0.4 is 10.3 Å². The maximum Gasteiger partial charge on any atom is 0.261 e. The third-order valence-electron chi connectivity index (χ3n) is 4.11. The van der Waals surface area contributed by atoms with Gasteiger partial charge >= 0.3 is 0 Å². The van der Waals surface area contributed by atoms with Gasteiger partial charge in [-0.25, -0.2) is 4.98 Å². The molecule has 0 saturated heterocycles. The topological polar surface area (TPSA) is 64.3 Å². The van der Waals surface area contributed by atoms with Crippen LogP contribution in [0.3, 0.4) is 0 Å². The Labute approximate surface area is 146 Å². The molecule has 1 aromatic heterocycles. The van der Waals surface area contributed by atoms with Crippen LogP contribution in [0.1, 0.15) is 25.3 Å². The summed E-state index contributed by atoms with van der Waals surface area (Å²) in [5, 5.41) is 10.8. The van der Waals surface area contributed by atoms with Gasteiger partial charge in [-0.3, -0.25) is 9.36 Å². The number of fused-ring (bicyclic) bond motifs is 1. The summed E-state index contributed by atoms with van der Waals surface area (Å²) in [7, 11) is 0. The van der Waals surface area contributed by atoms with E-state index < -0.39 is 6.10 Å². The normalized spacial score (nSPS) is 12.5. The molecule has 0 aliphatic carbocycles. The van der Waals surface area contributed by atoms with Gasteiger partial charge < -0.3 is 9.84 Å². The molecule has 1 atom stereocenters. The number of aromatic nitrogens is 2. The van der Waals surface area contributed by atoms with Gasteiger partial charge in [0.25, 0.3) is 5.56 Å². The van der Waals surface area contributed by atoms with Gasteiger partial charge in [-0.2, -0.15) is 0 Å². The van der Waals surface area contributed by atoms with Crippen LogP contribution in [-0.4, -0.2) is 27.4 Å². The van der Waals surface area contributed by atoms with E-state index in [4.69, 9.17) is 4.74 Å². The van der Waals surface area contributed by atoms with Crippen molar-refractivity contribution < 1.29 is 9.84 Å². The molecule has 0 spiro atoms. The summed E-state index contributed by atoms with van der Waals surface area (Å²) in [4.78, 5) is 16.7. The average Bonchev–Trinajstić information content (AvgIpc) is 2.63. The molecule has 1 N–H and O–H groups in total. The van der Waals surface area contributed by atoms with Crippen molar-refractivity contribution in [2.24, 2.45) is 0 Å². The number of para-hydroxylation sites is 2. The van der Waals surface area contributed by atoms with Crippen LogP contribution >= 0.6 is 0 Å². The summed E-state index contributed by atoms with van der Waals surface area (Å²) in [6, 6.07) is 15.0. The van der Waals surface area contributed by atoms with Crippen LogP contribution in [0.25, 0.3) is 10.9 Å². The number of hydrogen-bond donors (Lipinski definition) is 1. The second-order valence-corrected chi connectivity index (χ2v) is 6.38. The summed E-state index contributed by atoms with van der Waals surface area (Å²) in [5.74, 6) is 1.10. The molecule has 0 aliphatic heterocycles. The first-order chi connectivity index (χ1) is 12.1. The van der Waals surface area contributed by atoms with Crippen molar-refractivity contribution in [1.82, 2.24) is 9.55 Å². The molecule has 2 aromatic carbocycles. The number of rotatable bonds is 6. The van der Waals surface area contributed by atoms with Crippen LogP contribution in [0.15, 0.2) is 59.7 Å². The van der Waals surface area contributed by atoms with E-state index >= 15 is 0 Å². The predicted octanol–water partition coefficient (Wildman–Crippen LogP) is 2.96. The van der Waals surface area contributed by atoms with E-state index in [1.807, 2.05) is 30.3 Å². The quantitative estimate of drug-likeness (QED) is 0.750. The summed E-state index contributed by atoms with van der Waals surface area (Å²) in [5.41, 5.74) is 1.59. The number of nitrogens with zero attached hydrogens (tertiary/aromatic N) is 2. The molecule has 0 amide bonds. The highest BCUT2D eigenvalue weighted by molar-refractivity contribution is 5.76. The number of aliphatic hydroxyl groups excluding tert-OH is 1. The molecule has 5 heteroatoms. The molecule has 25 heavy (non-hydrogen) atoms. The lowest BCUT2D eigenvalue weighted by Crippen LogP contribution is -2.30. The molecular weight excluding hydrogens is 316 g/mol. The minimum Gasteiger partial charge on any atom is -0.491 e. The van der Waals surface area contributed by atoms with E-state index in [2.05, 4.69) is 18.8 Å². The van der Waals surface area contributed by atoms with Gasteiger partial charge in [0.15, 0.2) is 0 Å². The van der Waals surface area contributed by atoms with Crippen LogP contribution in [0.2, 0.25) is 0 Å². The van der Waals surface area contributed by atoms with E-state index in [1.54, 1.807) is 18.2 Å². The van der Waals surface area contributed by atoms with Gasteiger partial charge in [-0.1, -0.05) is 44.2 Å². The SMILES string of the molecule is CC(C)c1ccccc1OC[C@@H](O)Cn1cnc2ccccc2c1=O. The fraction of sp³-hybridized carbons (Fsp3) is 0.300. The first-order valence-electron chi connectivity index (χ1n) is 8.40. The predicted molar refractivity (Wildman–Crippen MR) is 98.0 cm³/mol. The van der Waals surface area contributed by atoms with Crippen molar-refractivity contribution in [3.05, 3.63) is 70.8 Å². The van der Waals surface area contributed by atoms with Crippen molar-refractivity contribution in [2.45, 2.75) is 32.4 Å². The molecule has 0 fully saturated rings. The Morgan fingerprint density at radius 3 is 2.64 bits per heavy atom.